The van der Waals surface area contributed by atoms with Crippen LogP contribution in [0, 0.1) is 5.92 Å². The Hall–Kier alpha value is -0.570. The lowest BCUT2D eigenvalue weighted by atomic mass is 10.2. The Morgan fingerprint density at radius 1 is 1.19 bits per heavy atom. The maximum Gasteiger partial charge on any atom is 0.147 e. The van der Waals surface area contributed by atoms with E-state index in [1.54, 1.807) is 0 Å². The third kappa shape index (κ3) is 3.78. The molecule has 0 fully saturated rings. The Morgan fingerprint density at radius 3 is 2.44 bits per heavy atom. The van der Waals surface area contributed by atoms with Gasteiger partial charge in [-0.15, -0.1) is 21.8 Å². The SMILES string of the molecule is CCCCCc1nnc(CCl)n1CC(C)C. The summed E-state index contributed by atoms with van der Waals surface area (Å²) in [4.78, 5) is 0. The van der Waals surface area contributed by atoms with Crippen LogP contribution in [-0.2, 0) is 18.8 Å². The van der Waals surface area contributed by atoms with E-state index in [-0.39, 0.29) is 0 Å². The van der Waals surface area contributed by atoms with E-state index in [1.807, 2.05) is 0 Å². The average molecular weight is 244 g/mol. The second kappa shape index (κ2) is 6.89. The minimum absolute atomic E-state index is 0.452. The number of halogens is 1. The summed E-state index contributed by atoms with van der Waals surface area (Å²) in [6.07, 6.45) is 4.70. The van der Waals surface area contributed by atoms with Gasteiger partial charge in [0.05, 0.1) is 5.88 Å². The molecule has 1 heterocycles. The fourth-order valence-electron chi connectivity index (χ4n) is 1.77. The molecule has 16 heavy (non-hydrogen) atoms. The molecule has 0 aliphatic rings. The van der Waals surface area contributed by atoms with Crippen LogP contribution < -0.4 is 0 Å². The van der Waals surface area contributed by atoms with Gasteiger partial charge in [0.15, 0.2) is 0 Å². The van der Waals surface area contributed by atoms with E-state index >= 15 is 0 Å². The van der Waals surface area contributed by atoms with Gasteiger partial charge in [-0.3, -0.25) is 0 Å². The zero-order valence-corrected chi connectivity index (χ0v) is 11.3. The zero-order valence-electron chi connectivity index (χ0n) is 10.5. The molecule has 1 rings (SSSR count). The van der Waals surface area contributed by atoms with E-state index in [1.165, 1.54) is 19.3 Å². The number of unbranched alkanes of at least 4 members (excludes halogenated alkanes) is 2. The maximum atomic E-state index is 5.87. The van der Waals surface area contributed by atoms with Crippen LogP contribution in [-0.4, -0.2) is 14.8 Å². The standard InChI is InChI=1S/C12H22ClN3/c1-4-5-6-7-11-14-15-12(8-13)16(11)9-10(2)3/h10H,4-9H2,1-3H3. The molecule has 1 aromatic heterocycles. The van der Waals surface area contributed by atoms with Gasteiger partial charge in [-0.2, -0.15) is 0 Å². The molecule has 0 atom stereocenters. The van der Waals surface area contributed by atoms with E-state index < -0.39 is 0 Å². The highest BCUT2D eigenvalue weighted by molar-refractivity contribution is 6.16. The van der Waals surface area contributed by atoms with Crippen molar-refractivity contribution in [2.24, 2.45) is 5.92 Å². The molecule has 0 saturated heterocycles. The number of nitrogens with zero attached hydrogens (tertiary/aromatic N) is 3. The molecule has 0 aliphatic carbocycles. The van der Waals surface area contributed by atoms with Crippen molar-refractivity contribution in [2.45, 2.75) is 58.9 Å². The van der Waals surface area contributed by atoms with Crippen LogP contribution in [0.2, 0.25) is 0 Å². The van der Waals surface area contributed by atoms with E-state index in [0.29, 0.717) is 11.8 Å². The molecule has 0 N–H and O–H groups in total. The van der Waals surface area contributed by atoms with Crippen LogP contribution in [0.5, 0.6) is 0 Å². The topological polar surface area (TPSA) is 30.7 Å². The Kier molecular flexibility index (Phi) is 5.81. The molecule has 1 aromatic rings. The molecule has 0 spiro atoms. The summed E-state index contributed by atoms with van der Waals surface area (Å²) in [6, 6.07) is 0. The fourth-order valence-corrected chi connectivity index (χ4v) is 1.96. The van der Waals surface area contributed by atoms with Crippen molar-refractivity contribution in [1.82, 2.24) is 14.8 Å². The van der Waals surface area contributed by atoms with Gasteiger partial charge in [0.1, 0.15) is 11.6 Å². The highest BCUT2D eigenvalue weighted by atomic mass is 35.5. The van der Waals surface area contributed by atoms with Gasteiger partial charge in [-0.05, 0) is 12.3 Å². The molecule has 3 nitrogen and oxygen atoms in total. The molecule has 0 saturated carbocycles. The third-order valence-corrected chi connectivity index (χ3v) is 2.81. The Balaban J connectivity index is 2.70. The number of aryl methyl sites for hydroxylation is 1. The maximum absolute atomic E-state index is 5.87. The van der Waals surface area contributed by atoms with Crippen LogP contribution in [0.1, 0.15) is 51.7 Å². The Bertz CT molecular complexity index is 307. The molecule has 0 aromatic carbocycles. The smallest absolute Gasteiger partial charge is 0.147 e. The van der Waals surface area contributed by atoms with Gasteiger partial charge >= 0.3 is 0 Å². The van der Waals surface area contributed by atoms with Crippen molar-refractivity contribution < 1.29 is 0 Å². The van der Waals surface area contributed by atoms with Crippen LogP contribution in [0.3, 0.4) is 0 Å². The number of aromatic nitrogens is 3. The Labute approximate surface area is 103 Å². The summed E-state index contributed by atoms with van der Waals surface area (Å²) in [5.41, 5.74) is 0. The molecular formula is C12H22ClN3. The van der Waals surface area contributed by atoms with Crippen LogP contribution >= 0.6 is 11.6 Å². The fraction of sp³-hybridized carbons (Fsp3) is 0.833. The first-order chi connectivity index (χ1) is 7.69. The van der Waals surface area contributed by atoms with Crippen LogP contribution in [0.4, 0.5) is 0 Å². The van der Waals surface area contributed by atoms with Crippen molar-refractivity contribution in [2.75, 3.05) is 0 Å². The van der Waals surface area contributed by atoms with Crippen LogP contribution in [0.15, 0.2) is 0 Å². The van der Waals surface area contributed by atoms with E-state index in [0.717, 1.165) is 24.6 Å². The largest absolute Gasteiger partial charge is 0.314 e. The highest BCUT2D eigenvalue weighted by Gasteiger charge is 2.11. The van der Waals surface area contributed by atoms with Crippen molar-refractivity contribution >= 4 is 11.6 Å². The minimum atomic E-state index is 0.452. The quantitative estimate of drug-likeness (QED) is 0.543. The molecule has 92 valence electrons. The Morgan fingerprint density at radius 2 is 1.88 bits per heavy atom. The number of hydrogen-bond donors (Lipinski definition) is 0. The minimum Gasteiger partial charge on any atom is -0.314 e. The lowest BCUT2D eigenvalue weighted by Crippen LogP contribution is -2.11. The second-order valence-electron chi connectivity index (χ2n) is 4.63. The first-order valence-corrected chi connectivity index (χ1v) is 6.69. The summed E-state index contributed by atoms with van der Waals surface area (Å²) in [5, 5.41) is 8.39. The third-order valence-electron chi connectivity index (χ3n) is 2.58. The molecule has 0 unspecified atom stereocenters. The van der Waals surface area contributed by atoms with Gasteiger partial charge in [0, 0.05) is 13.0 Å². The van der Waals surface area contributed by atoms with Gasteiger partial charge in [-0.1, -0.05) is 33.6 Å². The van der Waals surface area contributed by atoms with Crippen LogP contribution in [0.25, 0.3) is 0 Å². The van der Waals surface area contributed by atoms with Crippen molar-refractivity contribution in [1.29, 1.82) is 0 Å². The lowest BCUT2D eigenvalue weighted by Gasteiger charge is -2.11. The summed E-state index contributed by atoms with van der Waals surface area (Å²) in [5.74, 6) is 3.05. The molecule has 0 aliphatic heterocycles. The number of alkyl halides is 1. The number of hydrogen-bond acceptors (Lipinski definition) is 2. The summed E-state index contributed by atoms with van der Waals surface area (Å²) in [6.45, 7) is 7.58. The highest BCUT2D eigenvalue weighted by Crippen LogP contribution is 2.11. The van der Waals surface area contributed by atoms with Crippen molar-refractivity contribution in [3.63, 3.8) is 0 Å². The number of rotatable bonds is 7. The average Bonchev–Trinajstić information content (AvgIpc) is 2.61. The van der Waals surface area contributed by atoms with Crippen molar-refractivity contribution in [3.05, 3.63) is 11.6 Å². The van der Waals surface area contributed by atoms with E-state index in [2.05, 4.69) is 35.5 Å². The predicted octanol–water partition coefficient (Wildman–Crippen LogP) is 3.41. The predicted molar refractivity (Wildman–Crippen MR) is 67.6 cm³/mol. The summed E-state index contributed by atoms with van der Waals surface area (Å²) < 4.78 is 2.19. The zero-order chi connectivity index (χ0) is 12.0. The normalized spacial score (nSPS) is 11.3. The summed E-state index contributed by atoms with van der Waals surface area (Å²) in [7, 11) is 0. The molecule has 4 heteroatoms. The summed E-state index contributed by atoms with van der Waals surface area (Å²) >= 11 is 5.87. The van der Waals surface area contributed by atoms with Gasteiger partial charge < -0.3 is 4.57 Å². The van der Waals surface area contributed by atoms with Gasteiger partial charge in [0.2, 0.25) is 0 Å². The first kappa shape index (κ1) is 13.5. The monoisotopic (exact) mass is 243 g/mol. The second-order valence-corrected chi connectivity index (χ2v) is 4.89. The van der Waals surface area contributed by atoms with Gasteiger partial charge in [0.25, 0.3) is 0 Å². The lowest BCUT2D eigenvalue weighted by molar-refractivity contribution is 0.492. The molecule has 0 amide bonds. The molecular weight excluding hydrogens is 222 g/mol. The molecule has 0 bridgehead atoms. The van der Waals surface area contributed by atoms with Crippen molar-refractivity contribution in [3.8, 4) is 0 Å². The van der Waals surface area contributed by atoms with E-state index in [4.69, 9.17) is 11.6 Å². The molecule has 0 radical (unpaired) electrons. The van der Waals surface area contributed by atoms with Gasteiger partial charge in [-0.25, -0.2) is 0 Å². The first-order valence-electron chi connectivity index (χ1n) is 6.16. The van der Waals surface area contributed by atoms with E-state index in [9.17, 15) is 0 Å².